The molecule has 0 spiro atoms. The number of hydrogen-bond acceptors (Lipinski definition) is 5. The zero-order chi connectivity index (χ0) is 11.6. The highest BCUT2D eigenvalue weighted by Gasteiger charge is 2.16. The normalized spacial score (nSPS) is 9.33. The Labute approximate surface area is 85.1 Å². The second-order valence-electron chi connectivity index (χ2n) is 2.88. The number of Topliss-reactive ketones (excluding diaryl/α,β-unsaturated/α-hetero) is 1. The van der Waals surface area contributed by atoms with Crippen LogP contribution in [0.5, 0.6) is 0 Å². The van der Waals surface area contributed by atoms with Crippen molar-refractivity contribution in [3.63, 3.8) is 0 Å². The minimum Gasteiger partial charge on any atom is -0.397 e. The van der Waals surface area contributed by atoms with Crippen molar-refractivity contribution in [1.29, 1.82) is 5.26 Å². The summed E-state index contributed by atoms with van der Waals surface area (Å²) in [6, 6.07) is 3.82. The molecule has 0 aromatic heterocycles. The number of benzene rings is 1. The Bertz CT molecular complexity index is 488. The molecule has 0 heterocycles. The van der Waals surface area contributed by atoms with E-state index in [2.05, 4.69) is 0 Å². The van der Waals surface area contributed by atoms with Crippen LogP contribution in [0.25, 0.3) is 0 Å². The molecule has 0 saturated carbocycles. The molecule has 0 aliphatic rings. The number of rotatable bonds is 2. The van der Waals surface area contributed by atoms with Crippen molar-refractivity contribution in [2.24, 2.45) is 0 Å². The summed E-state index contributed by atoms with van der Waals surface area (Å²) in [5.74, 6) is -0.410. The molecule has 0 aliphatic heterocycles. The lowest BCUT2D eigenvalue weighted by Gasteiger charge is -2.03. The zero-order valence-corrected chi connectivity index (χ0v) is 7.85. The third-order valence-electron chi connectivity index (χ3n) is 1.88. The molecule has 1 aromatic carbocycles. The van der Waals surface area contributed by atoms with Crippen molar-refractivity contribution < 1.29 is 9.72 Å². The quantitative estimate of drug-likeness (QED) is 0.338. The lowest BCUT2D eigenvalue weighted by atomic mass is 10.0. The number of nitriles is 1. The molecule has 0 saturated heterocycles. The van der Waals surface area contributed by atoms with Crippen LogP contribution in [0.2, 0.25) is 0 Å². The van der Waals surface area contributed by atoms with E-state index in [-0.39, 0.29) is 22.5 Å². The highest BCUT2D eigenvalue weighted by atomic mass is 16.6. The van der Waals surface area contributed by atoms with Crippen LogP contribution in [0.4, 0.5) is 11.4 Å². The standard InChI is InChI=1S/C9H7N3O3/c1-5(13)8-3-7(12(14)15)2-6(4-10)9(8)11/h2-3H,11H2,1H3. The molecule has 76 valence electrons. The van der Waals surface area contributed by atoms with E-state index in [0.717, 1.165) is 12.1 Å². The first-order valence-electron chi connectivity index (χ1n) is 3.96. The Morgan fingerprint density at radius 2 is 2.20 bits per heavy atom. The van der Waals surface area contributed by atoms with Gasteiger partial charge in [-0.3, -0.25) is 14.9 Å². The Morgan fingerprint density at radius 1 is 1.60 bits per heavy atom. The van der Waals surface area contributed by atoms with Crippen LogP contribution in [0.1, 0.15) is 22.8 Å². The van der Waals surface area contributed by atoms with Gasteiger partial charge in [-0.2, -0.15) is 5.26 Å². The van der Waals surface area contributed by atoms with Crippen molar-refractivity contribution in [1.82, 2.24) is 0 Å². The second-order valence-corrected chi connectivity index (χ2v) is 2.88. The molecule has 6 heteroatoms. The summed E-state index contributed by atoms with van der Waals surface area (Å²) >= 11 is 0. The largest absolute Gasteiger partial charge is 0.397 e. The molecule has 0 bridgehead atoms. The first-order valence-corrected chi connectivity index (χ1v) is 3.96. The molecule has 0 fully saturated rings. The van der Waals surface area contributed by atoms with E-state index in [1.54, 1.807) is 6.07 Å². The highest BCUT2D eigenvalue weighted by molar-refractivity contribution is 6.00. The third-order valence-corrected chi connectivity index (χ3v) is 1.88. The monoisotopic (exact) mass is 205 g/mol. The van der Waals surface area contributed by atoms with E-state index in [0.29, 0.717) is 0 Å². The van der Waals surface area contributed by atoms with Crippen LogP contribution < -0.4 is 5.73 Å². The van der Waals surface area contributed by atoms with Crippen LogP contribution >= 0.6 is 0 Å². The number of nitro groups is 1. The van der Waals surface area contributed by atoms with Crippen molar-refractivity contribution in [3.8, 4) is 6.07 Å². The summed E-state index contributed by atoms with van der Waals surface area (Å²) in [5.41, 5.74) is 5.11. The number of nitrogens with two attached hydrogens (primary N) is 1. The summed E-state index contributed by atoms with van der Waals surface area (Å²) in [7, 11) is 0. The average Bonchev–Trinajstić information content (AvgIpc) is 2.17. The van der Waals surface area contributed by atoms with Gasteiger partial charge in [0.25, 0.3) is 5.69 Å². The first-order chi connectivity index (χ1) is 6.97. The molecule has 6 nitrogen and oxygen atoms in total. The van der Waals surface area contributed by atoms with Crippen LogP contribution in [-0.4, -0.2) is 10.7 Å². The molecule has 0 aliphatic carbocycles. The molecular weight excluding hydrogens is 198 g/mol. The molecule has 0 radical (unpaired) electrons. The van der Waals surface area contributed by atoms with Gasteiger partial charge in [0.2, 0.25) is 0 Å². The number of nitrogen functional groups attached to an aromatic ring is 1. The van der Waals surface area contributed by atoms with E-state index < -0.39 is 10.7 Å². The fourth-order valence-corrected chi connectivity index (χ4v) is 1.13. The Morgan fingerprint density at radius 3 is 2.60 bits per heavy atom. The Balaban J connectivity index is 3.54. The smallest absolute Gasteiger partial charge is 0.271 e. The van der Waals surface area contributed by atoms with Gasteiger partial charge in [-0.25, -0.2) is 0 Å². The van der Waals surface area contributed by atoms with E-state index in [1.807, 2.05) is 0 Å². The molecule has 2 N–H and O–H groups in total. The first kappa shape index (κ1) is 10.7. The van der Waals surface area contributed by atoms with Gasteiger partial charge in [0.1, 0.15) is 6.07 Å². The predicted octanol–water partition coefficient (Wildman–Crippen LogP) is 1.25. The van der Waals surface area contributed by atoms with Crippen molar-refractivity contribution in [3.05, 3.63) is 33.4 Å². The zero-order valence-electron chi connectivity index (χ0n) is 7.85. The van der Waals surface area contributed by atoms with E-state index >= 15 is 0 Å². The van der Waals surface area contributed by atoms with Crippen LogP contribution in [0.3, 0.4) is 0 Å². The van der Waals surface area contributed by atoms with Gasteiger partial charge >= 0.3 is 0 Å². The molecule has 0 unspecified atom stereocenters. The molecule has 0 atom stereocenters. The van der Waals surface area contributed by atoms with Crippen LogP contribution in [0, 0.1) is 21.4 Å². The maximum absolute atomic E-state index is 11.1. The summed E-state index contributed by atoms with van der Waals surface area (Å²) < 4.78 is 0. The van der Waals surface area contributed by atoms with Gasteiger partial charge < -0.3 is 5.73 Å². The number of nitro benzene ring substituents is 1. The lowest BCUT2D eigenvalue weighted by molar-refractivity contribution is -0.384. The molecular formula is C9H7N3O3. The molecule has 1 rings (SSSR count). The SMILES string of the molecule is CC(=O)c1cc([N+](=O)[O-])cc(C#N)c1N. The number of ketones is 1. The van der Waals surface area contributed by atoms with Gasteiger partial charge in [0.15, 0.2) is 5.78 Å². The number of non-ortho nitro benzene ring substituents is 1. The molecule has 15 heavy (non-hydrogen) atoms. The number of carbonyl (C=O) groups excluding carboxylic acids is 1. The van der Waals surface area contributed by atoms with Crippen LogP contribution in [-0.2, 0) is 0 Å². The number of nitrogens with zero attached hydrogens (tertiary/aromatic N) is 2. The number of hydrogen-bond donors (Lipinski definition) is 1. The molecule has 1 aromatic rings. The second kappa shape index (κ2) is 3.75. The average molecular weight is 205 g/mol. The number of carbonyl (C=O) groups is 1. The summed E-state index contributed by atoms with van der Waals surface area (Å²) in [6.45, 7) is 1.23. The van der Waals surface area contributed by atoms with Gasteiger partial charge in [0, 0.05) is 17.7 Å². The van der Waals surface area contributed by atoms with Crippen LogP contribution in [0.15, 0.2) is 12.1 Å². The minimum atomic E-state index is -0.674. The highest BCUT2D eigenvalue weighted by Crippen LogP contribution is 2.24. The van der Waals surface area contributed by atoms with Gasteiger partial charge in [-0.05, 0) is 6.92 Å². The fraction of sp³-hybridized carbons (Fsp3) is 0.111. The van der Waals surface area contributed by atoms with Gasteiger partial charge in [-0.15, -0.1) is 0 Å². The summed E-state index contributed by atoms with van der Waals surface area (Å²) in [6.07, 6.45) is 0. The fourth-order valence-electron chi connectivity index (χ4n) is 1.13. The third kappa shape index (κ3) is 1.91. The topological polar surface area (TPSA) is 110 Å². The maximum Gasteiger partial charge on any atom is 0.271 e. The Kier molecular flexibility index (Phi) is 2.67. The Hall–Kier alpha value is -2.42. The van der Waals surface area contributed by atoms with Crippen molar-refractivity contribution in [2.75, 3.05) is 5.73 Å². The van der Waals surface area contributed by atoms with E-state index in [4.69, 9.17) is 11.0 Å². The van der Waals surface area contributed by atoms with Gasteiger partial charge in [0.05, 0.1) is 16.2 Å². The summed E-state index contributed by atoms with van der Waals surface area (Å²) in [5, 5.41) is 19.2. The predicted molar refractivity (Wildman–Crippen MR) is 52.2 cm³/mol. The summed E-state index contributed by atoms with van der Waals surface area (Å²) in [4.78, 5) is 20.9. The van der Waals surface area contributed by atoms with E-state index in [1.165, 1.54) is 6.92 Å². The van der Waals surface area contributed by atoms with E-state index in [9.17, 15) is 14.9 Å². The van der Waals surface area contributed by atoms with Crippen molar-refractivity contribution in [2.45, 2.75) is 6.92 Å². The number of anilines is 1. The van der Waals surface area contributed by atoms with Crippen molar-refractivity contribution >= 4 is 17.2 Å². The van der Waals surface area contributed by atoms with Gasteiger partial charge in [-0.1, -0.05) is 0 Å². The lowest BCUT2D eigenvalue weighted by Crippen LogP contribution is -2.04. The maximum atomic E-state index is 11.1. The molecule has 0 amide bonds. The minimum absolute atomic E-state index is 0.000694.